The molecule has 14 heteroatoms. The van der Waals surface area contributed by atoms with Crippen LogP contribution >= 0.6 is 0 Å². The molecule has 3 N–H and O–H groups in total. The van der Waals surface area contributed by atoms with Crippen LogP contribution in [0.15, 0.2) is 83.6 Å². The van der Waals surface area contributed by atoms with Crippen LogP contribution in [0.4, 0.5) is 30.4 Å². The fourth-order valence-corrected chi connectivity index (χ4v) is 3.75. The number of anilines is 3. The fourth-order valence-electron chi connectivity index (χ4n) is 3.75. The number of aliphatic carboxylic acids is 1. The number of hydrogen-bond acceptors (Lipinski definition) is 7. The van der Waals surface area contributed by atoms with Gasteiger partial charge in [0.15, 0.2) is 5.76 Å². The van der Waals surface area contributed by atoms with Gasteiger partial charge in [0.1, 0.15) is 5.82 Å². The van der Waals surface area contributed by atoms with Crippen LogP contribution < -0.4 is 15.5 Å². The van der Waals surface area contributed by atoms with E-state index in [1.54, 1.807) is 47.3 Å². The molecule has 11 nitrogen and oxygen atoms in total. The van der Waals surface area contributed by atoms with Gasteiger partial charge in [-0.2, -0.15) is 18.3 Å². The number of benzene rings is 2. The Morgan fingerprint density at radius 3 is 2.22 bits per heavy atom. The highest BCUT2D eigenvalue weighted by molar-refractivity contribution is 6.05. The van der Waals surface area contributed by atoms with Crippen LogP contribution in [-0.2, 0) is 9.53 Å². The van der Waals surface area contributed by atoms with E-state index in [2.05, 4.69) is 20.6 Å². The van der Waals surface area contributed by atoms with E-state index in [1.165, 1.54) is 6.26 Å². The number of amides is 2. The van der Waals surface area contributed by atoms with E-state index in [1.807, 2.05) is 30.3 Å². The molecule has 5 rings (SSSR count). The SMILES string of the molecule is O=C(Nc1ccc(N2CCOCC2)cc1)c1cccc(-n2nccc2NC(=O)c2ccco2)c1.O=C(O)C(F)(F)F. The minimum absolute atomic E-state index is 0.195. The maximum Gasteiger partial charge on any atom is 0.490 e. The van der Waals surface area contributed by atoms with Gasteiger partial charge in [0.25, 0.3) is 11.8 Å². The number of hydrogen-bond donors (Lipinski definition) is 3. The Morgan fingerprint density at radius 1 is 0.878 bits per heavy atom. The van der Waals surface area contributed by atoms with E-state index in [9.17, 15) is 22.8 Å². The zero-order valence-corrected chi connectivity index (χ0v) is 21.3. The lowest BCUT2D eigenvalue weighted by Crippen LogP contribution is -2.36. The lowest BCUT2D eigenvalue weighted by molar-refractivity contribution is -0.192. The van der Waals surface area contributed by atoms with Crippen molar-refractivity contribution in [1.82, 2.24) is 9.78 Å². The van der Waals surface area contributed by atoms with Gasteiger partial charge in [0, 0.05) is 36.1 Å². The molecule has 2 amide bonds. The highest BCUT2D eigenvalue weighted by Crippen LogP contribution is 2.21. The normalized spacial score (nSPS) is 13.1. The molecule has 3 heterocycles. The number of aromatic nitrogens is 2. The second kappa shape index (κ2) is 12.8. The van der Waals surface area contributed by atoms with Crippen LogP contribution in [0.1, 0.15) is 20.9 Å². The first-order valence-corrected chi connectivity index (χ1v) is 12.2. The first-order valence-electron chi connectivity index (χ1n) is 12.2. The van der Waals surface area contributed by atoms with E-state index in [0.717, 1.165) is 32.0 Å². The molecule has 2 aromatic carbocycles. The van der Waals surface area contributed by atoms with Crippen LogP contribution in [0.2, 0.25) is 0 Å². The molecule has 214 valence electrons. The number of halogens is 3. The average molecular weight is 572 g/mol. The molecule has 1 aliphatic rings. The summed E-state index contributed by atoms with van der Waals surface area (Å²) in [7, 11) is 0. The average Bonchev–Trinajstić information content (AvgIpc) is 3.67. The Hall–Kier alpha value is -5.11. The molecule has 0 bridgehead atoms. The monoisotopic (exact) mass is 571 g/mol. The highest BCUT2D eigenvalue weighted by Gasteiger charge is 2.38. The molecule has 1 aliphatic heterocycles. The van der Waals surface area contributed by atoms with Gasteiger partial charge in [0.05, 0.1) is 31.4 Å². The van der Waals surface area contributed by atoms with Crippen molar-refractivity contribution in [2.75, 3.05) is 41.8 Å². The van der Waals surface area contributed by atoms with Crippen molar-refractivity contribution in [3.8, 4) is 5.69 Å². The first-order chi connectivity index (χ1) is 19.6. The number of furan rings is 1. The molecule has 0 saturated carbocycles. The summed E-state index contributed by atoms with van der Waals surface area (Å²) in [5, 5.41) is 17.1. The Kier molecular flexibility index (Phi) is 9.04. The van der Waals surface area contributed by atoms with Gasteiger partial charge in [-0.1, -0.05) is 6.07 Å². The van der Waals surface area contributed by atoms with E-state index in [-0.39, 0.29) is 17.6 Å². The zero-order chi connectivity index (χ0) is 29.4. The predicted molar refractivity (Wildman–Crippen MR) is 141 cm³/mol. The van der Waals surface area contributed by atoms with Gasteiger partial charge < -0.3 is 29.8 Å². The summed E-state index contributed by atoms with van der Waals surface area (Å²) in [5.74, 6) is -2.74. The van der Waals surface area contributed by atoms with Crippen molar-refractivity contribution in [1.29, 1.82) is 0 Å². The third-order valence-electron chi connectivity index (χ3n) is 5.73. The maximum absolute atomic E-state index is 12.9. The summed E-state index contributed by atoms with van der Waals surface area (Å²) in [5.41, 5.74) is 2.91. The van der Waals surface area contributed by atoms with Gasteiger partial charge in [0.2, 0.25) is 0 Å². The van der Waals surface area contributed by atoms with Crippen LogP contribution in [0.3, 0.4) is 0 Å². The molecule has 0 atom stereocenters. The van der Waals surface area contributed by atoms with Crippen LogP contribution in [0, 0.1) is 0 Å². The van der Waals surface area contributed by atoms with Gasteiger partial charge in [-0.25, -0.2) is 9.48 Å². The van der Waals surface area contributed by atoms with Crippen LogP contribution in [0.5, 0.6) is 0 Å². The smallest absolute Gasteiger partial charge is 0.475 e. The fraction of sp³-hybridized carbons (Fsp3) is 0.185. The molecule has 1 fully saturated rings. The van der Waals surface area contributed by atoms with Crippen LogP contribution in [-0.4, -0.2) is 65.2 Å². The number of rotatable bonds is 6. The zero-order valence-electron chi connectivity index (χ0n) is 21.3. The molecular weight excluding hydrogens is 547 g/mol. The Bertz CT molecular complexity index is 1480. The number of carbonyl (C=O) groups excluding carboxylic acids is 2. The second-order valence-electron chi connectivity index (χ2n) is 8.51. The third-order valence-corrected chi connectivity index (χ3v) is 5.73. The minimum Gasteiger partial charge on any atom is -0.475 e. The number of carboxylic acids is 1. The Morgan fingerprint density at radius 2 is 1.59 bits per heavy atom. The Labute approximate surface area is 231 Å². The van der Waals surface area contributed by atoms with E-state index < -0.39 is 12.1 Å². The lowest BCUT2D eigenvalue weighted by atomic mass is 10.1. The number of carbonyl (C=O) groups is 3. The summed E-state index contributed by atoms with van der Waals surface area (Å²) < 4.78 is 43.8. The Balaban J connectivity index is 0.000000493. The number of ether oxygens (including phenoxy) is 1. The third kappa shape index (κ3) is 7.73. The molecule has 0 radical (unpaired) electrons. The minimum atomic E-state index is -5.08. The number of carboxylic acid groups (broad SMARTS) is 1. The first kappa shape index (κ1) is 28.9. The summed E-state index contributed by atoms with van der Waals surface area (Å²) in [6, 6.07) is 19.7. The molecule has 1 saturated heterocycles. The molecule has 0 spiro atoms. The quantitative estimate of drug-likeness (QED) is 0.309. The van der Waals surface area contributed by atoms with Gasteiger partial charge in [-0.15, -0.1) is 0 Å². The van der Waals surface area contributed by atoms with E-state index in [4.69, 9.17) is 19.1 Å². The summed E-state index contributed by atoms with van der Waals surface area (Å²) in [6.45, 7) is 3.16. The van der Waals surface area contributed by atoms with Crippen molar-refractivity contribution in [3.63, 3.8) is 0 Å². The maximum atomic E-state index is 12.9. The molecule has 2 aromatic heterocycles. The summed E-state index contributed by atoms with van der Waals surface area (Å²) in [4.78, 5) is 36.4. The predicted octanol–water partition coefficient (Wildman–Crippen LogP) is 4.44. The molecule has 41 heavy (non-hydrogen) atoms. The van der Waals surface area contributed by atoms with Gasteiger partial charge in [-0.3, -0.25) is 9.59 Å². The number of nitrogens with zero attached hydrogens (tertiary/aromatic N) is 3. The molecule has 0 unspecified atom stereocenters. The van der Waals surface area contributed by atoms with Gasteiger partial charge >= 0.3 is 12.1 Å². The summed E-state index contributed by atoms with van der Waals surface area (Å²) >= 11 is 0. The van der Waals surface area contributed by atoms with Crippen molar-refractivity contribution < 1.29 is 41.8 Å². The second-order valence-corrected chi connectivity index (χ2v) is 8.51. The van der Waals surface area contributed by atoms with Crippen molar-refractivity contribution in [2.24, 2.45) is 0 Å². The van der Waals surface area contributed by atoms with E-state index in [0.29, 0.717) is 22.8 Å². The largest absolute Gasteiger partial charge is 0.490 e. The highest BCUT2D eigenvalue weighted by atomic mass is 19.4. The topological polar surface area (TPSA) is 139 Å². The summed E-state index contributed by atoms with van der Waals surface area (Å²) in [6.07, 6.45) is -2.08. The standard InChI is InChI=1S/C25H23N5O4.C2HF3O2/c31-24(27-19-6-8-20(9-7-19)29-12-15-33-16-13-29)18-3-1-4-21(17-18)30-23(10-11-26-30)28-25(32)22-5-2-14-34-22;3-2(4,5)1(6)7/h1-11,14,17H,12-13,15-16H2,(H,27,31)(H,28,32);(H,6,7). The van der Waals surface area contributed by atoms with Crippen molar-refractivity contribution in [2.45, 2.75) is 6.18 Å². The molecular formula is C27H24F3N5O6. The number of morpholine rings is 1. The number of nitrogens with one attached hydrogen (secondary N) is 2. The molecule has 0 aliphatic carbocycles. The lowest BCUT2D eigenvalue weighted by Gasteiger charge is -2.28. The van der Waals surface area contributed by atoms with Gasteiger partial charge in [-0.05, 0) is 54.6 Å². The van der Waals surface area contributed by atoms with Crippen molar-refractivity contribution in [3.05, 3.63) is 90.5 Å². The molecule has 4 aromatic rings. The van der Waals surface area contributed by atoms with Crippen LogP contribution in [0.25, 0.3) is 5.69 Å². The number of alkyl halides is 3. The van der Waals surface area contributed by atoms with Crippen molar-refractivity contribution >= 4 is 35.0 Å². The van der Waals surface area contributed by atoms with E-state index >= 15 is 0 Å².